The Bertz CT molecular complexity index is 2890. The lowest BCUT2D eigenvalue weighted by atomic mass is 9.90. The van der Waals surface area contributed by atoms with E-state index < -0.39 is 61.5 Å². The van der Waals surface area contributed by atoms with Crippen LogP contribution in [-0.2, 0) is 74.5 Å². The number of rotatable bonds is 30. The highest BCUT2D eigenvalue weighted by atomic mass is 35.5. The summed E-state index contributed by atoms with van der Waals surface area (Å²) in [6, 6.07) is 38.6. The smallest absolute Gasteiger partial charge is 0.192 e. The zero-order valence-electron chi connectivity index (χ0n) is 53.5. The number of hydrogen-bond donors (Lipinski definition) is 1. The Morgan fingerprint density at radius 3 is 1.88 bits per heavy atom. The van der Waals surface area contributed by atoms with Crippen LogP contribution in [0.5, 0.6) is 0 Å². The van der Waals surface area contributed by atoms with Crippen molar-refractivity contribution in [2.45, 2.75) is 234 Å². The number of fused-ring (bicyclic) bond motifs is 1. The average Bonchev–Trinajstić information content (AvgIpc) is 1.47. The third-order valence-corrected chi connectivity index (χ3v) is 32.4. The predicted octanol–water partition coefficient (Wildman–Crippen LogP) is 18.1. The maximum Gasteiger partial charge on any atom is 0.192 e. The Hall–Kier alpha value is -2.20. The van der Waals surface area contributed by atoms with Crippen molar-refractivity contribution in [3.05, 3.63) is 153 Å². The first-order valence-electron chi connectivity index (χ1n) is 31.0. The van der Waals surface area contributed by atoms with Crippen molar-refractivity contribution in [3.63, 3.8) is 0 Å². The molecule has 11 atom stereocenters. The molecule has 0 amide bonds. The summed E-state index contributed by atoms with van der Waals surface area (Å²) in [4.78, 5) is 0. The molecule has 17 heteroatoms. The number of benzene rings is 5. The molecule has 2 heterocycles. The Morgan fingerprint density at radius 1 is 0.686 bits per heavy atom. The minimum atomic E-state index is -2.38. The Balaban J connectivity index is 1.18. The standard InChI is InChI=1S/C69H99Cl3O10S2Si2/c1-66(2,3)85(10,11)81-60-36-37-68(7,82-86(12,13)67(4,5)6)64(31-23-39-76-48-56-57(71)41-54(70)42-58(56)72)80-59(60)34-35-63(73)69(83-8,84(9)74)44-62-65(78-47-51-32-33-52-28-20-21-29-53(52)40-51)61(77-46-50-26-18-15-19-27-50)43-55(79-62)30-22-38-75-45-49-24-16-14-17-25-49/h14-21,24-29,32-33,40-42,55,59-65,73H,22-23,30-31,34-39,43-48H2,1-13H3/t55-,59+,60-,61+,62-,63?,64-,65+,68+,69?,84?/m1/s1. The first-order chi connectivity index (χ1) is 40.6. The molecule has 2 fully saturated rings. The van der Waals surface area contributed by atoms with Gasteiger partial charge in [-0.1, -0.05) is 173 Å². The lowest BCUT2D eigenvalue weighted by Crippen LogP contribution is -2.56. The summed E-state index contributed by atoms with van der Waals surface area (Å²) in [7, 11) is -6.30. The van der Waals surface area contributed by atoms with Crippen LogP contribution in [0.2, 0.25) is 51.3 Å². The van der Waals surface area contributed by atoms with E-state index in [1.165, 1.54) is 11.8 Å². The largest absolute Gasteiger partial charge is 0.411 e. The molecular formula is C69H99Cl3O10S2Si2. The number of hydrogen-bond acceptors (Lipinski definition) is 11. The van der Waals surface area contributed by atoms with Gasteiger partial charge in [-0.25, -0.2) is 0 Å². The molecule has 7 rings (SSSR count). The third-order valence-electron chi connectivity index (χ3n) is 18.6. The summed E-state index contributed by atoms with van der Waals surface area (Å²) < 4.78 is 70.1. The van der Waals surface area contributed by atoms with Gasteiger partial charge in [0, 0.05) is 63.7 Å². The van der Waals surface area contributed by atoms with Crippen LogP contribution in [0.15, 0.2) is 115 Å². The lowest BCUT2D eigenvalue weighted by molar-refractivity contribution is -0.212. The number of aliphatic hydroxyl groups excluding tert-OH is 1. The Morgan fingerprint density at radius 2 is 1.27 bits per heavy atom. The van der Waals surface area contributed by atoms with E-state index in [-0.39, 0.29) is 47.5 Å². The second kappa shape index (κ2) is 31.9. The lowest BCUT2D eigenvalue weighted by Gasteiger charge is -2.47. The van der Waals surface area contributed by atoms with Gasteiger partial charge in [-0.05, 0) is 146 Å². The normalized spacial score (nSPS) is 24.1. The molecule has 5 aromatic carbocycles. The first-order valence-corrected chi connectivity index (χ1v) is 40.7. The molecule has 3 unspecified atom stereocenters. The van der Waals surface area contributed by atoms with Gasteiger partial charge in [-0.3, -0.25) is 4.21 Å². The second-order valence-corrected chi connectivity index (χ2v) is 40.9. The monoisotopic (exact) mass is 1310 g/mol. The van der Waals surface area contributed by atoms with Crippen molar-refractivity contribution in [1.29, 1.82) is 0 Å². The molecule has 0 radical (unpaired) electrons. The van der Waals surface area contributed by atoms with Crippen LogP contribution in [0, 0.1) is 0 Å². The van der Waals surface area contributed by atoms with E-state index in [9.17, 15) is 9.32 Å². The van der Waals surface area contributed by atoms with E-state index in [0.717, 1.165) is 46.7 Å². The minimum Gasteiger partial charge on any atom is -0.411 e. The van der Waals surface area contributed by atoms with Crippen molar-refractivity contribution in [3.8, 4) is 0 Å². The van der Waals surface area contributed by atoms with E-state index in [1.807, 2.05) is 42.7 Å². The molecule has 5 aromatic rings. The first kappa shape index (κ1) is 71.2. The number of ether oxygens (including phenoxy) is 6. The fraction of sp³-hybridized carbons (Fsp3) is 0.594. The van der Waals surface area contributed by atoms with Crippen molar-refractivity contribution < 1.29 is 46.6 Å². The quantitative estimate of drug-likeness (QED) is 0.0350. The van der Waals surface area contributed by atoms with Crippen LogP contribution >= 0.6 is 46.6 Å². The van der Waals surface area contributed by atoms with Gasteiger partial charge in [-0.2, -0.15) is 0 Å². The van der Waals surface area contributed by atoms with Crippen molar-refractivity contribution >= 4 is 84.8 Å². The molecule has 0 spiro atoms. The van der Waals surface area contributed by atoms with Gasteiger partial charge in [-0.15, -0.1) is 11.8 Å². The Kier molecular flexibility index (Phi) is 26.4. The number of aliphatic hydroxyl groups is 1. The van der Waals surface area contributed by atoms with Crippen LogP contribution in [-0.4, -0.2) is 110 Å². The fourth-order valence-electron chi connectivity index (χ4n) is 11.5. The molecule has 2 aliphatic heterocycles. The zero-order chi connectivity index (χ0) is 62.5. The van der Waals surface area contributed by atoms with Crippen molar-refractivity contribution in [2.75, 3.05) is 25.7 Å². The van der Waals surface area contributed by atoms with Gasteiger partial charge < -0.3 is 42.4 Å². The molecule has 2 saturated heterocycles. The maximum atomic E-state index is 14.9. The van der Waals surface area contributed by atoms with E-state index in [0.29, 0.717) is 92.2 Å². The van der Waals surface area contributed by atoms with Gasteiger partial charge >= 0.3 is 0 Å². The molecule has 2 aliphatic rings. The molecule has 10 nitrogen and oxygen atoms in total. The molecular weight excluding hydrogens is 1220 g/mol. The summed E-state index contributed by atoms with van der Waals surface area (Å²) in [5.74, 6) is 0. The summed E-state index contributed by atoms with van der Waals surface area (Å²) in [6.45, 7) is 27.6. The van der Waals surface area contributed by atoms with Crippen LogP contribution in [0.3, 0.4) is 0 Å². The van der Waals surface area contributed by atoms with E-state index in [1.54, 1.807) is 18.4 Å². The van der Waals surface area contributed by atoms with E-state index in [2.05, 4.69) is 141 Å². The van der Waals surface area contributed by atoms with Crippen LogP contribution in [0.1, 0.15) is 135 Å². The molecule has 0 bridgehead atoms. The predicted molar refractivity (Wildman–Crippen MR) is 363 cm³/mol. The number of thioether (sulfide) groups is 1. The van der Waals surface area contributed by atoms with Gasteiger partial charge in [0.1, 0.15) is 10.2 Å². The molecule has 0 aromatic heterocycles. The molecule has 476 valence electrons. The molecule has 1 N–H and O–H groups in total. The summed E-state index contributed by atoms with van der Waals surface area (Å²) in [5, 5.41) is 16.7. The van der Waals surface area contributed by atoms with Gasteiger partial charge in [0.2, 0.25) is 0 Å². The van der Waals surface area contributed by atoms with E-state index >= 15 is 0 Å². The summed E-state index contributed by atoms with van der Waals surface area (Å²) in [5.41, 5.74) is 3.25. The highest BCUT2D eigenvalue weighted by Crippen LogP contribution is 2.48. The molecule has 86 heavy (non-hydrogen) atoms. The second-order valence-electron chi connectivity index (χ2n) is 27.1. The molecule has 0 aliphatic carbocycles. The van der Waals surface area contributed by atoms with Crippen molar-refractivity contribution in [1.82, 2.24) is 0 Å². The van der Waals surface area contributed by atoms with Crippen LogP contribution in [0.25, 0.3) is 10.8 Å². The van der Waals surface area contributed by atoms with Gasteiger partial charge in [0.15, 0.2) is 16.6 Å². The maximum absolute atomic E-state index is 14.9. The summed E-state index contributed by atoms with van der Waals surface area (Å²) in [6.07, 6.45) is 5.71. The number of halogens is 3. The Labute approximate surface area is 539 Å². The van der Waals surface area contributed by atoms with Crippen molar-refractivity contribution in [2.24, 2.45) is 0 Å². The fourth-order valence-corrected chi connectivity index (χ4v) is 18.0. The van der Waals surface area contributed by atoms with E-state index in [4.69, 9.17) is 72.1 Å². The van der Waals surface area contributed by atoms with Crippen LogP contribution in [0.4, 0.5) is 0 Å². The highest BCUT2D eigenvalue weighted by molar-refractivity contribution is 8.12. The highest BCUT2D eigenvalue weighted by Gasteiger charge is 2.53. The SMILES string of the molecule is CSC(C[C@H]1O[C@H](CCCOCc2ccccc2)C[C@H](OCc2ccccc2)[C@@H]1OCc1ccc2ccccc2c1)(C(O)CC[C@@H]1O[C@H](CCCOCc2c(Cl)cc(Cl)cc2Cl)[C@@](C)(O[Si](C)(C)C(C)(C)C)CC[C@H]1O[Si](C)(C)C(C)(C)C)S(C)=O. The van der Waals surface area contributed by atoms with Gasteiger partial charge in [0.05, 0.1) is 74.8 Å². The minimum absolute atomic E-state index is 0.0574. The van der Waals surface area contributed by atoms with Crippen LogP contribution < -0.4 is 0 Å². The summed E-state index contributed by atoms with van der Waals surface area (Å²) >= 11 is 20.8. The zero-order valence-corrected chi connectivity index (χ0v) is 59.4. The topological polar surface area (TPSA) is 111 Å². The third kappa shape index (κ3) is 19.4. The molecule has 0 saturated carbocycles. The van der Waals surface area contributed by atoms with Gasteiger partial charge in [0.25, 0.3) is 0 Å². The average molecular weight is 1320 g/mol.